The van der Waals surface area contributed by atoms with Crippen molar-refractivity contribution in [1.29, 1.82) is 0 Å². The van der Waals surface area contributed by atoms with Gasteiger partial charge in [0, 0.05) is 72.2 Å². The molecule has 3 aromatic carbocycles. The lowest BCUT2D eigenvalue weighted by Crippen LogP contribution is -2.56. The Morgan fingerprint density at radius 3 is 2.42 bits per heavy atom. The summed E-state index contributed by atoms with van der Waals surface area (Å²) >= 11 is 13.6. The third-order valence-electron chi connectivity index (χ3n) is 8.21. The van der Waals surface area contributed by atoms with Crippen LogP contribution in [-0.2, 0) is 20.9 Å². The minimum atomic E-state index is -1.25. The molecule has 0 aliphatic carbocycles. The highest BCUT2D eigenvalue weighted by molar-refractivity contribution is 8.01. The van der Waals surface area contributed by atoms with Crippen LogP contribution in [0.15, 0.2) is 77.8 Å². The Hall–Kier alpha value is -3.53. The number of carbonyl (C=O) groups is 3. The molecule has 6 rings (SSSR count). The van der Waals surface area contributed by atoms with E-state index in [9.17, 15) is 18.8 Å². The van der Waals surface area contributed by atoms with E-state index >= 15 is 0 Å². The van der Waals surface area contributed by atoms with Gasteiger partial charge in [-0.1, -0.05) is 53.5 Å². The van der Waals surface area contributed by atoms with E-state index in [1.54, 1.807) is 26.8 Å². The van der Waals surface area contributed by atoms with Crippen LogP contribution in [0, 0.1) is 5.82 Å². The molecule has 1 aromatic heterocycles. The normalized spacial score (nSPS) is 20.7. The quantitative estimate of drug-likeness (QED) is 0.269. The maximum atomic E-state index is 14.9. The molecule has 1 N–H and O–H groups in total. The second-order valence-electron chi connectivity index (χ2n) is 10.9. The number of hydrogen-bond donors (Lipinski definition) is 1. The Balaban J connectivity index is 1.50. The summed E-state index contributed by atoms with van der Waals surface area (Å²) in [5.41, 5.74) is 2.11. The topological polar surface area (TPSA) is 76.7 Å². The standard InChI is InChI=1S/C32H29Cl2FN4O3S/c1-20(40)37-11-13-38(14-12-37)31(42)32(43-23-5-3-2-4-6-23)17-29(41)39(19-21-7-10-26(34)27(35)15-21)30(32)25-18-36-28-16-22(33)8-9-24(25)28/h2-10,15-16,18,30,36H,11-14,17,19H2,1H3/t30-,32-/m0/s1. The third-order valence-corrected chi connectivity index (χ3v) is 10.2. The van der Waals surface area contributed by atoms with Crippen LogP contribution >= 0.6 is 35.0 Å². The predicted molar refractivity (Wildman–Crippen MR) is 166 cm³/mol. The highest BCUT2D eigenvalue weighted by Crippen LogP contribution is 2.55. The number of fused-ring (bicyclic) bond motifs is 1. The van der Waals surface area contributed by atoms with Gasteiger partial charge in [-0.2, -0.15) is 0 Å². The molecule has 0 saturated carbocycles. The Kier molecular flexibility index (Phi) is 8.15. The minimum Gasteiger partial charge on any atom is -0.361 e. The van der Waals surface area contributed by atoms with E-state index < -0.39 is 16.6 Å². The first-order valence-electron chi connectivity index (χ1n) is 13.9. The SMILES string of the molecule is CC(=O)N1CCN(C(=O)[C@]2(Sc3ccccc3)CC(=O)N(Cc3ccc(Cl)c(F)c3)[C@H]2c2c[nH]c3cc(Cl)ccc23)CC1. The molecule has 222 valence electrons. The van der Waals surface area contributed by atoms with Gasteiger partial charge in [-0.25, -0.2) is 4.39 Å². The average molecular weight is 640 g/mol. The van der Waals surface area contributed by atoms with Crippen molar-refractivity contribution in [1.82, 2.24) is 19.7 Å². The van der Waals surface area contributed by atoms with Gasteiger partial charge in [-0.3, -0.25) is 14.4 Å². The molecule has 0 bridgehead atoms. The largest absolute Gasteiger partial charge is 0.361 e. The number of thioether (sulfide) groups is 1. The predicted octanol–water partition coefficient (Wildman–Crippen LogP) is 6.31. The third kappa shape index (κ3) is 5.61. The fourth-order valence-corrected chi connectivity index (χ4v) is 7.90. The number of likely N-dealkylation sites (tertiary alicyclic amines) is 1. The Labute approximate surface area is 262 Å². The Bertz CT molecular complexity index is 1710. The average Bonchev–Trinajstić information content (AvgIpc) is 3.52. The minimum absolute atomic E-state index is 0.00424. The number of amides is 3. The number of H-pyrrole nitrogens is 1. The number of nitrogens with one attached hydrogen (secondary N) is 1. The van der Waals surface area contributed by atoms with E-state index in [4.69, 9.17) is 23.2 Å². The second kappa shape index (κ2) is 11.9. The van der Waals surface area contributed by atoms with Crippen molar-refractivity contribution in [3.05, 3.63) is 99.9 Å². The van der Waals surface area contributed by atoms with E-state index in [1.807, 2.05) is 48.7 Å². The molecule has 11 heteroatoms. The summed E-state index contributed by atoms with van der Waals surface area (Å²) in [6.45, 7) is 3.18. The molecule has 2 saturated heterocycles. The van der Waals surface area contributed by atoms with Crippen molar-refractivity contribution in [2.45, 2.75) is 35.6 Å². The maximum absolute atomic E-state index is 14.9. The monoisotopic (exact) mass is 638 g/mol. The van der Waals surface area contributed by atoms with E-state index in [0.717, 1.165) is 21.4 Å². The molecule has 2 atom stereocenters. The zero-order valence-corrected chi connectivity index (χ0v) is 25.7. The molecule has 2 fully saturated rings. The fourth-order valence-electron chi connectivity index (χ4n) is 6.12. The molecule has 43 heavy (non-hydrogen) atoms. The molecule has 3 heterocycles. The molecular weight excluding hydrogens is 610 g/mol. The number of nitrogens with zero attached hydrogens (tertiary/aromatic N) is 3. The first kappa shape index (κ1) is 29.5. The molecule has 0 spiro atoms. The summed E-state index contributed by atoms with van der Waals surface area (Å²) in [7, 11) is 0. The summed E-state index contributed by atoms with van der Waals surface area (Å²) in [4.78, 5) is 50.3. The highest BCUT2D eigenvalue weighted by atomic mass is 35.5. The smallest absolute Gasteiger partial charge is 0.242 e. The molecule has 2 aliphatic heterocycles. The lowest BCUT2D eigenvalue weighted by molar-refractivity contribution is -0.140. The molecular formula is C32H29Cl2FN4O3S. The van der Waals surface area contributed by atoms with Gasteiger partial charge < -0.3 is 19.7 Å². The van der Waals surface area contributed by atoms with E-state index in [0.29, 0.717) is 36.8 Å². The van der Waals surface area contributed by atoms with Crippen molar-refractivity contribution in [2.24, 2.45) is 0 Å². The van der Waals surface area contributed by atoms with Gasteiger partial charge >= 0.3 is 0 Å². The van der Waals surface area contributed by atoms with E-state index in [1.165, 1.54) is 30.8 Å². The van der Waals surface area contributed by atoms with Crippen LogP contribution in [-0.4, -0.2) is 68.3 Å². The van der Waals surface area contributed by atoms with Crippen LogP contribution < -0.4 is 0 Å². The van der Waals surface area contributed by atoms with Crippen molar-refractivity contribution in [3.63, 3.8) is 0 Å². The van der Waals surface area contributed by atoms with Crippen LogP contribution in [0.2, 0.25) is 10.0 Å². The summed E-state index contributed by atoms with van der Waals surface area (Å²) in [5.74, 6) is -1.000. The summed E-state index contributed by atoms with van der Waals surface area (Å²) in [6, 6.07) is 18.8. The number of aromatic amines is 1. The number of benzene rings is 3. The number of hydrogen-bond acceptors (Lipinski definition) is 4. The van der Waals surface area contributed by atoms with Crippen molar-refractivity contribution in [2.75, 3.05) is 26.2 Å². The van der Waals surface area contributed by atoms with Gasteiger partial charge in [0.25, 0.3) is 0 Å². The van der Waals surface area contributed by atoms with Crippen LogP contribution in [0.5, 0.6) is 0 Å². The number of piperazine rings is 1. The van der Waals surface area contributed by atoms with Crippen LogP contribution in [0.25, 0.3) is 10.9 Å². The van der Waals surface area contributed by atoms with Crippen LogP contribution in [0.4, 0.5) is 4.39 Å². The molecule has 7 nitrogen and oxygen atoms in total. The molecule has 2 aliphatic rings. The fraction of sp³-hybridized carbons (Fsp3) is 0.281. The first-order chi connectivity index (χ1) is 20.7. The summed E-state index contributed by atoms with van der Waals surface area (Å²) in [6.07, 6.45) is 1.78. The number of carbonyl (C=O) groups excluding carboxylic acids is 3. The van der Waals surface area contributed by atoms with Crippen molar-refractivity contribution >= 4 is 63.6 Å². The zero-order chi connectivity index (χ0) is 30.3. The molecule has 4 aromatic rings. The number of aromatic nitrogens is 1. The Morgan fingerprint density at radius 1 is 1.00 bits per heavy atom. The van der Waals surface area contributed by atoms with E-state index in [-0.39, 0.29) is 35.7 Å². The van der Waals surface area contributed by atoms with Crippen molar-refractivity contribution in [3.8, 4) is 0 Å². The van der Waals surface area contributed by atoms with Gasteiger partial charge in [-0.05, 0) is 42.0 Å². The van der Waals surface area contributed by atoms with Crippen LogP contribution in [0.3, 0.4) is 0 Å². The van der Waals surface area contributed by atoms with E-state index in [2.05, 4.69) is 4.98 Å². The molecule has 3 amide bonds. The number of rotatable bonds is 6. The van der Waals surface area contributed by atoms with Gasteiger partial charge in [0.05, 0.1) is 17.5 Å². The van der Waals surface area contributed by atoms with Gasteiger partial charge in [0.1, 0.15) is 10.6 Å². The lowest BCUT2D eigenvalue weighted by atomic mass is 9.90. The highest BCUT2D eigenvalue weighted by Gasteiger charge is 2.59. The second-order valence-corrected chi connectivity index (χ2v) is 13.1. The van der Waals surface area contributed by atoms with Gasteiger partial charge in [0.2, 0.25) is 17.7 Å². The summed E-state index contributed by atoms with van der Waals surface area (Å²) in [5, 5.41) is 1.39. The molecule has 0 unspecified atom stereocenters. The number of halogens is 3. The zero-order valence-electron chi connectivity index (χ0n) is 23.4. The lowest BCUT2D eigenvalue weighted by Gasteiger charge is -2.42. The maximum Gasteiger partial charge on any atom is 0.242 e. The van der Waals surface area contributed by atoms with Gasteiger partial charge in [-0.15, -0.1) is 11.8 Å². The summed E-state index contributed by atoms with van der Waals surface area (Å²) < 4.78 is 13.3. The van der Waals surface area contributed by atoms with Crippen LogP contribution in [0.1, 0.15) is 30.5 Å². The van der Waals surface area contributed by atoms with Gasteiger partial charge in [0.15, 0.2) is 0 Å². The van der Waals surface area contributed by atoms with Crippen molar-refractivity contribution < 1.29 is 18.8 Å². The first-order valence-corrected chi connectivity index (χ1v) is 15.5. The molecule has 0 radical (unpaired) electrons. The Morgan fingerprint density at radius 2 is 1.72 bits per heavy atom.